The van der Waals surface area contributed by atoms with Crippen molar-refractivity contribution in [1.82, 2.24) is 9.78 Å². The highest BCUT2D eigenvalue weighted by molar-refractivity contribution is 9.10. The smallest absolute Gasteiger partial charge is 0.339 e. The Kier molecular flexibility index (Phi) is 2.87. The zero-order valence-electron chi connectivity index (χ0n) is 9.71. The van der Waals surface area contributed by atoms with Crippen LogP contribution < -0.4 is 0 Å². The van der Waals surface area contributed by atoms with E-state index in [0.717, 1.165) is 4.47 Å². The standard InChI is InChI=1S/C13H9BrN2O3/c14-8-5-15-16(6-8)7-11-12(13(17)18)9-3-1-2-4-10(9)19-11/h1-6H,7H2,(H,17,18). The highest BCUT2D eigenvalue weighted by atomic mass is 79.9. The van der Waals surface area contributed by atoms with E-state index in [1.165, 1.54) is 0 Å². The van der Waals surface area contributed by atoms with Crippen molar-refractivity contribution in [2.24, 2.45) is 0 Å². The van der Waals surface area contributed by atoms with Crippen molar-refractivity contribution in [2.75, 3.05) is 0 Å². The summed E-state index contributed by atoms with van der Waals surface area (Å²) in [5.41, 5.74) is 0.767. The lowest BCUT2D eigenvalue weighted by Gasteiger charge is -1.99. The summed E-state index contributed by atoms with van der Waals surface area (Å²) in [4.78, 5) is 11.4. The predicted molar refractivity (Wildman–Crippen MR) is 72.2 cm³/mol. The molecule has 0 aliphatic heterocycles. The van der Waals surface area contributed by atoms with Crippen LogP contribution in [0, 0.1) is 0 Å². The fraction of sp³-hybridized carbons (Fsp3) is 0.0769. The van der Waals surface area contributed by atoms with E-state index in [0.29, 0.717) is 16.7 Å². The number of carboxylic acid groups (broad SMARTS) is 1. The van der Waals surface area contributed by atoms with E-state index < -0.39 is 5.97 Å². The molecular weight excluding hydrogens is 312 g/mol. The monoisotopic (exact) mass is 320 g/mol. The third kappa shape index (κ3) is 2.15. The van der Waals surface area contributed by atoms with E-state index in [1.54, 1.807) is 35.3 Å². The summed E-state index contributed by atoms with van der Waals surface area (Å²) < 4.78 is 8.07. The van der Waals surface area contributed by atoms with Crippen LogP contribution in [-0.4, -0.2) is 20.9 Å². The molecule has 2 aromatic heterocycles. The van der Waals surface area contributed by atoms with Crippen molar-refractivity contribution < 1.29 is 14.3 Å². The number of aromatic carboxylic acids is 1. The second-order valence-corrected chi connectivity index (χ2v) is 4.97. The SMILES string of the molecule is O=C(O)c1c(Cn2cc(Br)cn2)oc2ccccc12. The van der Waals surface area contributed by atoms with Gasteiger partial charge in [-0.2, -0.15) is 5.10 Å². The molecule has 6 heteroatoms. The van der Waals surface area contributed by atoms with Crippen molar-refractivity contribution in [3.8, 4) is 0 Å². The number of fused-ring (bicyclic) bond motifs is 1. The summed E-state index contributed by atoms with van der Waals surface area (Å²) in [5, 5.41) is 14.0. The Labute approximate surface area is 116 Å². The molecule has 1 aromatic carbocycles. The molecule has 0 bridgehead atoms. The van der Waals surface area contributed by atoms with Crippen LogP contribution in [0.15, 0.2) is 45.5 Å². The first-order valence-electron chi connectivity index (χ1n) is 5.57. The summed E-state index contributed by atoms with van der Waals surface area (Å²) in [6.07, 6.45) is 3.40. The Morgan fingerprint density at radius 3 is 2.89 bits per heavy atom. The highest BCUT2D eigenvalue weighted by Gasteiger charge is 2.20. The van der Waals surface area contributed by atoms with Crippen LogP contribution in [0.5, 0.6) is 0 Å². The number of para-hydroxylation sites is 1. The van der Waals surface area contributed by atoms with Gasteiger partial charge in [0.15, 0.2) is 0 Å². The number of carboxylic acids is 1. The maximum Gasteiger partial charge on any atom is 0.339 e. The Balaban J connectivity index is 2.12. The molecule has 1 N–H and O–H groups in total. The fourth-order valence-electron chi connectivity index (χ4n) is 2.01. The van der Waals surface area contributed by atoms with Gasteiger partial charge in [-0.1, -0.05) is 18.2 Å². The molecule has 0 fully saturated rings. The van der Waals surface area contributed by atoms with Gasteiger partial charge in [0, 0.05) is 11.6 Å². The van der Waals surface area contributed by atoms with Gasteiger partial charge in [-0.15, -0.1) is 0 Å². The number of nitrogens with zero attached hydrogens (tertiary/aromatic N) is 2. The van der Waals surface area contributed by atoms with Gasteiger partial charge in [0.25, 0.3) is 0 Å². The van der Waals surface area contributed by atoms with Crippen LogP contribution in [0.3, 0.4) is 0 Å². The molecule has 0 spiro atoms. The zero-order valence-corrected chi connectivity index (χ0v) is 11.3. The average molecular weight is 321 g/mol. The lowest BCUT2D eigenvalue weighted by atomic mass is 10.1. The van der Waals surface area contributed by atoms with Gasteiger partial charge in [0.1, 0.15) is 16.9 Å². The van der Waals surface area contributed by atoms with Crippen LogP contribution in [0.4, 0.5) is 0 Å². The quantitative estimate of drug-likeness (QED) is 0.805. The van der Waals surface area contributed by atoms with E-state index in [4.69, 9.17) is 4.42 Å². The third-order valence-electron chi connectivity index (χ3n) is 2.79. The van der Waals surface area contributed by atoms with Gasteiger partial charge in [0.2, 0.25) is 0 Å². The molecule has 3 rings (SSSR count). The minimum atomic E-state index is -0.994. The summed E-state index contributed by atoms with van der Waals surface area (Å²) in [6.45, 7) is 0.280. The van der Waals surface area contributed by atoms with E-state index in [-0.39, 0.29) is 12.1 Å². The number of aromatic nitrogens is 2. The molecule has 2 heterocycles. The first-order valence-corrected chi connectivity index (χ1v) is 6.36. The number of hydrogen-bond acceptors (Lipinski definition) is 3. The van der Waals surface area contributed by atoms with Gasteiger partial charge >= 0.3 is 5.97 Å². The van der Waals surface area contributed by atoms with Gasteiger partial charge < -0.3 is 9.52 Å². The lowest BCUT2D eigenvalue weighted by Crippen LogP contribution is -2.05. The van der Waals surface area contributed by atoms with Crippen LogP contribution >= 0.6 is 15.9 Å². The first-order chi connectivity index (χ1) is 9.15. The van der Waals surface area contributed by atoms with Crippen molar-refractivity contribution in [2.45, 2.75) is 6.54 Å². The number of hydrogen-bond donors (Lipinski definition) is 1. The van der Waals surface area contributed by atoms with Gasteiger partial charge in [-0.3, -0.25) is 4.68 Å². The third-order valence-corrected chi connectivity index (χ3v) is 3.20. The summed E-state index contributed by atoms with van der Waals surface area (Å²) in [6, 6.07) is 7.10. The topological polar surface area (TPSA) is 68.3 Å². The minimum Gasteiger partial charge on any atom is -0.478 e. The van der Waals surface area contributed by atoms with Gasteiger partial charge in [0.05, 0.1) is 17.2 Å². The maximum absolute atomic E-state index is 11.4. The molecule has 0 aliphatic carbocycles. The molecule has 3 aromatic rings. The number of furan rings is 1. The molecule has 0 atom stereocenters. The van der Waals surface area contributed by atoms with E-state index in [9.17, 15) is 9.90 Å². The Morgan fingerprint density at radius 2 is 2.21 bits per heavy atom. The lowest BCUT2D eigenvalue weighted by molar-refractivity contribution is 0.0696. The number of rotatable bonds is 3. The molecule has 96 valence electrons. The van der Waals surface area contributed by atoms with E-state index >= 15 is 0 Å². The fourth-order valence-corrected chi connectivity index (χ4v) is 2.34. The van der Waals surface area contributed by atoms with Crippen LogP contribution in [-0.2, 0) is 6.54 Å². The second-order valence-electron chi connectivity index (χ2n) is 4.06. The number of halogens is 1. The second kappa shape index (κ2) is 4.55. The Morgan fingerprint density at radius 1 is 1.42 bits per heavy atom. The van der Waals surface area contributed by atoms with E-state index in [1.807, 2.05) is 6.07 Å². The molecule has 0 saturated heterocycles. The number of carbonyl (C=O) groups is 1. The number of benzene rings is 1. The Bertz CT molecular complexity index is 760. The molecule has 19 heavy (non-hydrogen) atoms. The maximum atomic E-state index is 11.4. The Hall–Kier alpha value is -2.08. The highest BCUT2D eigenvalue weighted by Crippen LogP contribution is 2.26. The molecule has 0 aliphatic rings. The molecule has 0 saturated carbocycles. The van der Waals surface area contributed by atoms with Crippen molar-refractivity contribution >= 4 is 32.9 Å². The summed E-state index contributed by atoms with van der Waals surface area (Å²) in [7, 11) is 0. The largest absolute Gasteiger partial charge is 0.478 e. The van der Waals surface area contributed by atoms with E-state index in [2.05, 4.69) is 21.0 Å². The normalized spacial score (nSPS) is 11.0. The molecule has 0 unspecified atom stereocenters. The average Bonchev–Trinajstić information content (AvgIpc) is 2.92. The zero-order chi connectivity index (χ0) is 13.4. The first kappa shape index (κ1) is 12.0. The van der Waals surface area contributed by atoms with Gasteiger partial charge in [-0.25, -0.2) is 4.79 Å². The predicted octanol–water partition coefficient (Wildman–Crippen LogP) is 3.14. The van der Waals surface area contributed by atoms with Gasteiger partial charge in [-0.05, 0) is 22.0 Å². The van der Waals surface area contributed by atoms with Crippen LogP contribution in [0.2, 0.25) is 0 Å². The minimum absolute atomic E-state index is 0.197. The summed E-state index contributed by atoms with van der Waals surface area (Å²) >= 11 is 3.30. The van der Waals surface area contributed by atoms with Crippen LogP contribution in [0.25, 0.3) is 11.0 Å². The molecule has 0 amide bonds. The molecule has 0 radical (unpaired) electrons. The van der Waals surface area contributed by atoms with Crippen molar-refractivity contribution in [3.05, 3.63) is 52.5 Å². The van der Waals surface area contributed by atoms with Crippen LogP contribution in [0.1, 0.15) is 16.1 Å². The molecule has 5 nitrogen and oxygen atoms in total. The summed E-state index contributed by atoms with van der Waals surface area (Å²) in [5.74, 6) is -0.601. The van der Waals surface area contributed by atoms with Crippen molar-refractivity contribution in [3.63, 3.8) is 0 Å². The van der Waals surface area contributed by atoms with Crippen molar-refractivity contribution in [1.29, 1.82) is 0 Å². The molecular formula is C13H9BrN2O3.